The van der Waals surface area contributed by atoms with Gasteiger partial charge < -0.3 is 9.64 Å². The fourth-order valence-corrected chi connectivity index (χ4v) is 2.96. The summed E-state index contributed by atoms with van der Waals surface area (Å²) in [6, 6.07) is 0.637. The van der Waals surface area contributed by atoms with E-state index >= 15 is 0 Å². The summed E-state index contributed by atoms with van der Waals surface area (Å²) in [6.07, 6.45) is 2.92. The van der Waals surface area contributed by atoms with E-state index in [9.17, 15) is 4.79 Å². The second kappa shape index (κ2) is 4.90. The number of morpholine rings is 1. The van der Waals surface area contributed by atoms with Gasteiger partial charge in [-0.25, -0.2) is 9.78 Å². The molecule has 2 unspecified atom stereocenters. The quantitative estimate of drug-likeness (QED) is 0.717. The van der Waals surface area contributed by atoms with Gasteiger partial charge in [0.1, 0.15) is 12.7 Å². The Hall–Kier alpha value is -1.47. The Morgan fingerprint density at radius 3 is 2.95 bits per heavy atom. The number of rotatable bonds is 1. The molecule has 3 rings (SSSR count). The molecule has 104 valence electrons. The molecule has 7 nitrogen and oxygen atoms in total. The number of fused-ring (bicyclic) bond motifs is 1. The van der Waals surface area contributed by atoms with Crippen molar-refractivity contribution in [3.8, 4) is 0 Å². The van der Waals surface area contributed by atoms with Crippen LogP contribution in [0.1, 0.15) is 13.8 Å². The summed E-state index contributed by atoms with van der Waals surface area (Å²) in [5, 5.41) is 3.89. The van der Waals surface area contributed by atoms with Gasteiger partial charge in [0, 0.05) is 19.1 Å². The van der Waals surface area contributed by atoms with Gasteiger partial charge in [0.2, 0.25) is 0 Å². The lowest BCUT2D eigenvalue weighted by Crippen LogP contribution is -2.53. The van der Waals surface area contributed by atoms with Crippen LogP contribution in [-0.4, -0.2) is 75.0 Å². The topological polar surface area (TPSA) is 63.5 Å². The predicted octanol–water partition coefficient (Wildman–Crippen LogP) is 0.0396. The number of aromatic nitrogens is 3. The summed E-state index contributed by atoms with van der Waals surface area (Å²) in [6.45, 7) is 7.37. The van der Waals surface area contributed by atoms with E-state index in [4.69, 9.17) is 4.74 Å². The molecule has 2 atom stereocenters. The van der Waals surface area contributed by atoms with Gasteiger partial charge in [-0.15, -0.1) is 0 Å². The van der Waals surface area contributed by atoms with E-state index in [0.717, 1.165) is 13.2 Å². The van der Waals surface area contributed by atoms with Gasteiger partial charge in [0.25, 0.3) is 0 Å². The Balaban J connectivity index is 1.73. The van der Waals surface area contributed by atoms with E-state index < -0.39 is 0 Å². The number of amides is 1. The number of hydrogen-bond donors (Lipinski definition) is 0. The summed E-state index contributed by atoms with van der Waals surface area (Å²) >= 11 is 0. The minimum atomic E-state index is -0.126. The predicted molar refractivity (Wildman–Crippen MR) is 67.8 cm³/mol. The Labute approximate surface area is 112 Å². The molecule has 2 fully saturated rings. The molecule has 2 aliphatic rings. The van der Waals surface area contributed by atoms with Crippen molar-refractivity contribution in [3.05, 3.63) is 12.7 Å². The summed E-state index contributed by atoms with van der Waals surface area (Å²) in [4.78, 5) is 20.3. The third-order valence-electron chi connectivity index (χ3n) is 3.89. The number of ether oxygens (including phenoxy) is 1. The molecule has 0 saturated carbocycles. The first-order valence-electron chi connectivity index (χ1n) is 6.68. The summed E-state index contributed by atoms with van der Waals surface area (Å²) in [7, 11) is 0. The van der Waals surface area contributed by atoms with Crippen LogP contribution in [-0.2, 0) is 4.74 Å². The van der Waals surface area contributed by atoms with Crippen LogP contribution in [0.25, 0.3) is 0 Å². The highest BCUT2D eigenvalue weighted by molar-refractivity contribution is 5.76. The smallest absolute Gasteiger partial charge is 0.346 e. The van der Waals surface area contributed by atoms with Crippen molar-refractivity contribution >= 4 is 6.03 Å². The maximum absolute atomic E-state index is 12.2. The monoisotopic (exact) mass is 265 g/mol. The average Bonchev–Trinajstić information content (AvgIpc) is 3.06. The number of carbonyl (C=O) groups excluding carboxylic acids is 1. The lowest BCUT2D eigenvalue weighted by atomic mass is 10.1. The van der Waals surface area contributed by atoms with Crippen LogP contribution in [0.15, 0.2) is 12.7 Å². The highest BCUT2D eigenvalue weighted by Gasteiger charge is 2.42. The van der Waals surface area contributed by atoms with Crippen molar-refractivity contribution in [3.63, 3.8) is 0 Å². The molecule has 19 heavy (non-hydrogen) atoms. The molecule has 0 aromatic carbocycles. The summed E-state index contributed by atoms with van der Waals surface area (Å²) < 4.78 is 7.07. The van der Waals surface area contributed by atoms with Crippen molar-refractivity contribution in [1.29, 1.82) is 0 Å². The van der Waals surface area contributed by atoms with Gasteiger partial charge in [0.05, 0.1) is 25.3 Å². The van der Waals surface area contributed by atoms with Crippen molar-refractivity contribution in [2.24, 2.45) is 0 Å². The van der Waals surface area contributed by atoms with Gasteiger partial charge in [-0.2, -0.15) is 9.78 Å². The Kier molecular flexibility index (Phi) is 3.24. The normalized spacial score (nSPS) is 27.8. The number of carbonyl (C=O) groups is 1. The largest absolute Gasteiger partial charge is 0.373 e. The van der Waals surface area contributed by atoms with Crippen LogP contribution >= 0.6 is 0 Å². The van der Waals surface area contributed by atoms with E-state index in [2.05, 4.69) is 28.8 Å². The molecule has 1 aromatic heterocycles. The SMILES string of the molecule is CC(C)N1CCOC2CN(C(=O)n3cncn3)CC21. The van der Waals surface area contributed by atoms with Gasteiger partial charge >= 0.3 is 6.03 Å². The lowest BCUT2D eigenvalue weighted by Gasteiger charge is -2.39. The highest BCUT2D eigenvalue weighted by Crippen LogP contribution is 2.24. The van der Waals surface area contributed by atoms with Gasteiger partial charge in [0.15, 0.2) is 0 Å². The summed E-state index contributed by atoms with van der Waals surface area (Å²) in [5.74, 6) is 0. The third kappa shape index (κ3) is 2.23. The molecule has 0 bridgehead atoms. The molecule has 3 heterocycles. The molecular formula is C12H19N5O2. The molecule has 1 amide bonds. The van der Waals surface area contributed by atoms with Gasteiger partial charge in [-0.05, 0) is 13.8 Å². The van der Waals surface area contributed by atoms with E-state index in [1.165, 1.54) is 17.3 Å². The molecule has 0 radical (unpaired) electrons. The number of likely N-dealkylation sites (tertiary alicyclic amines) is 1. The first-order chi connectivity index (χ1) is 9.16. The fourth-order valence-electron chi connectivity index (χ4n) is 2.96. The van der Waals surface area contributed by atoms with Crippen molar-refractivity contribution in [2.75, 3.05) is 26.2 Å². The van der Waals surface area contributed by atoms with E-state index in [1.807, 2.05) is 0 Å². The second-order valence-electron chi connectivity index (χ2n) is 5.34. The average molecular weight is 265 g/mol. The van der Waals surface area contributed by atoms with Crippen molar-refractivity contribution in [1.82, 2.24) is 24.6 Å². The maximum Gasteiger partial charge on any atom is 0.346 e. The molecule has 0 aliphatic carbocycles. The molecule has 7 heteroatoms. The maximum atomic E-state index is 12.2. The zero-order valence-electron chi connectivity index (χ0n) is 11.3. The molecule has 2 saturated heterocycles. The molecule has 1 aromatic rings. The van der Waals surface area contributed by atoms with E-state index in [0.29, 0.717) is 25.2 Å². The first-order valence-corrected chi connectivity index (χ1v) is 6.68. The van der Waals surface area contributed by atoms with E-state index in [-0.39, 0.29) is 12.1 Å². The van der Waals surface area contributed by atoms with Crippen LogP contribution < -0.4 is 0 Å². The number of nitrogens with zero attached hydrogens (tertiary/aromatic N) is 5. The van der Waals surface area contributed by atoms with Crippen molar-refractivity contribution in [2.45, 2.75) is 32.0 Å². The van der Waals surface area contributed by atoms with Crippen LogP contribution in [0.2, 0.25) is 0 Å². The van der Waals surface area contributed by atoms with E-state index in [1.54, 1.807) is 4.90 Å². The van der Waals surface area contributed by atoms with Crippen LogP contribution in [0.5, 0.6) is 0 Å². The minimum absolute atomic E-state index is 0.114. The molecular weight excluding hydrogens is 246 g/mol. The number of hydrogen-bond acceptors (Lipinski definition) is 5. The van der Waals surface area contributed by atoms with Gasteiger partial charge in [-0.1, -0.05) is 0 Å². The molecule has 0 spiro atoms. The Morgan fingerprint density at radius 1 is 1.42 bits per heavy atom. The Bertz CT molecular complexity index is 447. The lowest BCUT2D eigenvalue weighted by molar-refractivity contribution is -0.0582. The zero-order valence-corrected chi connectivity index (χ0v) is 11.3. The van der Waals surface area contributed by atoms with Gasteiger partial charge in [-0.3, -0.25) is 4.90 Å². The Morgan fingerprint density at radius 2 is 2.26 bits per heavy atom. The zero-order chi connectivity index (χ0) is 13.4. The van der Waals surface area contributed by atoms with Crippen LogP contribution in [0, 0.1) is 0 Å². The standard InChI is InChI=1S/C12H19N5O2/c1-9(2)16-3-4-19-11-6-15(5-10(11)16)12(18)17-8-13-7-14-17/h7-11H,3-6H2,1-2H3. The highest BCUT2D eigenvalue weighted by atomic mass is 16.5. The van der Waals surface area contributed by atoms with Crippen LogP contribution in [0.3, 0.4) is 0 Å². The molecule has 2 aliphatic heterocycles. The minimum Gasteiger partial charge on any atom is -0.373 e. The molecule has 0 N–H and O–H groups in total. The first kappa shape index (κ1) is 12.6. The third-order valence-corrected chi connectivity index (χ3v) is 3.89. The van der Waals surface area contributed by atoms with Crippen molar-refractivity contribution < 1.29 is 9.53 Å². The fraction of sp³-hybridized carbons (Fsp3) is 0.750. The van der Waals surface area contributed by atoms with Crippen LogP contribution in [0.4, 0.5) is 4.79 Å². The summed E-state index contributed by atoms with van der Waals surface area (Å²) in [5.41, 5.74) is 0. The second-order valence-corrected chi connectivity index (χ2v) is 5.34.